The van der Waals surface area contributed by atoms with Gasteiger partial charge in [-0.1, -0.05) is 17.7 Å². The molecule has 0 saturated carbocycles. The van der Waals surface area contributed by atoms with Crippen molar-refractivity contribution in [2.75, 3.05) is 6.54 Å². The Morgan fingerprint density at radius 1 is 1.33 bits per heavy atom. The molecule has 2 rings (SSSR count). The average molecular weight is 283 g/mol. The monoisotopic (exact) mass is 282 g/mol. The molecule has 0 aliphatic rings. The highest BCUT2D eigenvalue weighted by Crippen LogP contribution is 2.19. The van der Waals surface area contributed by atoms with Crippen molar-refractivity contribution in [1.82, 2.24) is 9.71 Å². The SMILES string of the molecule is C=CCNS(=O)(=O)c1ccc2nc(Cl)ccc2c1. The fraction of sp³-hybridized carbons (Fsp3) is 0.0833. The van der Waals surface area contributed by atoms with Crippen molar-refractivity contribution in [1.29, 1.82) is 0 Å². The van der Waals surface area contributed by atoms with Gasteiger partial charge in [-0.15, -0.1) is 6.58 Å². The Hall–Kier alpha value is -1.43. The maximum Gasteiger partial charge on any atom is 0.240 e. The Labute approximate surface area is 110 Å². The molecular formula is C12H11ClN2O2S. The summed E-state index contributed by atoms with van der Waals surface area (Å²) in [5.74, 6) is 0. The molecule has 0 bridgehead atoms. The van der Waals surface area contributed by atoms with Crippen LogP contribution in [0, 0.1) is 0 Å². The lowest BCUT2D eigenvalue weighted by Gasteiger charge is -2.05. The van der Waals surface area contributed by atoms with Gasteiger partial charge in [-0.2, -0.15) is 0 Å². The van der Waals surface area contributed by atoms with E-state index >= 15 is 0 Å². The zero-order valence-corrected chi connectivity index (χ0v) is 11.0. The molecule has 0 spiro atoms. The summed E-state index contributed by atoms with van der Waals surface area (Å²) < 4.78 is 26.2. The fourth-order valence-corrected chi connectivity index (χ4v) is 2.69. The van der Waals surface area contributed by atoms with Crippen LogP contribution in [-0.2, 0) is 10.0 Å². The first-order valence-electron chi connectivity index (χ1n) is 5.20. The van der Waals surface area contributed by atoms with Crippen LogP contribution < -0.4 is 4.72 Å². The van der Waals surface area contributed by atoms with Gasteiger partial charge in [0.1, 0.15) is 5.15 Å². The molecule has 1 heterocycles. The number of hydrogen-bond acceptors (Lipinski definition) is 3. The first-order valence-corrected chi connectivity index (χ1v) is 7.06. The zero-order chi connectivity index (χ0) is 13.2. The highest BCUT2D eigenvalue weighted by atomic mass is 35.5. The summed E-state index contributed by atoms with van der Waals surface area (Å²) in [5, 5.41) is 1.10. The lowest BCUT2D eigenvalue weighted by molar-refractivity contribution is 0.586. The van der Waals surface area contributed by atoms with Gasteiger partial charge >= 0.3 is 0 Å². The van der Waals surface area contributed by atoms with Crippen molar-refractivity contribution in [2.24, 2.45) is 0 Å². The van der Waals surface area contributed by atoms with Gasteiger partial charge in [-0.25, -0.2) is 18.1 Å². The van der Waals surface area contributed by atoms with Crippen LogP contribution >= 0.6 is 11.6 Å². The quantitative estimate of drug-likeness (QED) is 0.692. The van der Waals surface area contributed by atoms with E-state index in [-0.39, 0.29) is 11.4 Å². The van der Waals surface area contributed by atoms with Gasteiger partial charge in [0, 0.05) is 11.9 Å². The molecule has 0 aliphatic carbocycles. The number of nitrogens with zero attached hydrogens (tertiary/aromatic N) is 1. The number of hydrogen-bond donors (Lipinski definition) is 1. The Morgan fingerprint density at radius 3 is 2.83 bits per heavy atom. The van der Waals surface area contributed by atoms with Gasteiger partial charge in [0.2, 0.25) is 10.0 Å². The molecule has 0 saturated heterocycles. The minimum absolute atomic E-state index is 0.194. The number of sulfonamides is 1. The van der Waals surface area contributed by atoms with E-state index in [0.717, 1.165) is 5.39 Å². The summed E-state index contributed by atoms with van der Waals surface area (Å²) in [7, 11) is -3.51. The predicted molar refractivity (Wildman–Crippen MR) is 72.1 cm³/mol. The number of nitrogens with one attached hydrogen (secondary N) is 1. The van der Waals surface area contributed by atoms with Crippen molar-refractivity contribution >= 4 is 32.5 Å². The van der Waals surface area contributed by atoms with E-state index in [1.54, 1.807) is 24.3 Å². The molecule has 0 amide bonds. The zero-order valence-electron chi connectivity index (χ0n) is 9.43. The van der Waals surface area contributed by atoms with E-state index in [9.17, 15) is 8.42 Å². The third-order valence-corrected chi connectivity index (χ3v) is 3.99. The van der Waals surface area contributed by atoms with Crippen LogP contribution in [0.4, 0.5) is 0 Å². The predicted octanol–water partition coefficient (Wildman–Crippen LogP) is 2.35. The summed E-state index contributed by atoms with van der Waals surface area (Å²) in [6.45, 7) is 3.66. The lowest BCUT2D eigenvalue weighted by atomic mass is 10.2. The summed E-state index contributed by atoms with van der Waals surface area (Å²) in [6.07, 6.45) is 1.49. The van der Waals surface area contributed by atoms with Crippen LogP contribution in [0.5, 0.6) is 0 Å². The molecule has 18 heavy (non-hydrogen) atoms. The largest absolute Gasteiger partial charge is 0.240 e. The topological polar surface area (TPSA) is 59.1 Å². The molecule has 0 unspecified atom stereocenters. The van der Waals surface area contributed by atoms with Crippen LogP contribution in [0.25, 0.3) is 10.9 Å². The number of rotatable bonds is 4. The van der Waals surface area contributed by atoms with Crippen LogP contribution in [0.2, 0.25) is 5.15 Å². The summed E-state index contributed by atoms with van der Waals surface area (Å²) >= 11 is 5.76. The molecule has 0 fully saturated rings. The fourth-order valence-electron chi connectivity index (χ4n) is 1.50. The number of benzene rings is 1. The molecule has 6 heteroatoms. The van der Waals surface area contributed by atoms with E-state index in [0.29, 0.717) is 10.7 Å². The number of aromatic nitrogens is 1. The molecule has 0 atom stereocenters. The van der Waals surface area contributed by atoms with Crippen molar-refractivity contribution in [3.63, 3.8) is 0 Å². The minimum Gasteiger partial charge on any atom is -0.236 e. The van der Waals surface area contributed by atoms with Gasteiger partial charge < -0.3 is 0 Å². The van der Waals surface area contributed by atoms with Crippen LogP contribution in [0.1, 0.15) is 0 Å². The smallest absolute Gasteiger partial charge is 0.236 e. The van der Waals surface area contributed by atoms with Gasteiger partial charge in [0.15, 0.2) is 0 Å². The molecule has 1 N–H and O–H groups in total. The molecule has 2 aromatic rings. The van der Waals surface area contributed by atoms with Crippen molar-refractivity contribution in [2.45, 2.75) is 4.90 Å². The molecule has 1 aromatic carbocycles. The molecule has 1 aromatic heterocycles. The average Bonchev–Trinajstić information content (AvgIpc) is 2.35. The Morgan fingerprint density at radius 2 is 2.11 bits per heavy atom. The molecule has 94 valence electrons. The maximum atomic E-state index is 11.9. The summed E-state index contributed by atoms with van der Waals surface area (Å²) in [6, 6.07) is 8.04. The van der Waals surface area contributed by atoms with E-state index in [4.69, 9.17) is 11.6 Å². The summed E-state index contributed by atoms with van der Waals surface area (Å²) in [5.41, 5.74) is 0.658. The van der Waals surface area contributed by atoms with Gasteiger partial charge in [-0.05, 0) is 30.3 Å². The van der Waals surface area contributed by atoms with Crippen molar-refractivity contribution in [3.05, 3.63) is 48.1 Å². The maximum absolute atomic E-state index is 11.9. The van der Waals surface area contributed by atoms with E-state index in [1.165, 1.54) is 12.1 Å². The van der Waals surface area contributed by atoms with Crippen LogP contribution in [0.15, 0.2) is 47.9 Å². The summed E-state index contributed by atoms with van der Waals surface area (Å²) in [4.78, 5) is 4.29. The first-order chi connectivity index (χ1) is 8.53. The van der Waals surface area contributed by atoms with E-state index in [1.807, 2.05) is 0 Å². The Bertz CT molecular complexity index is 698. The van der Waals surface area contributed by atoms with E-state index in [2.05, 4.69) is 16.3 Å². The second-order valence-electron chi connectivity index (χ2n) is 3.63. The standard InChI is InChI=1S/C12H11ClN2O2S/c1-2-7-14-18(16,17)10-4-5-11-9(8-10)3-6-12(13)15-11/h2-6,8,14H,1,7H2. The number of fused-ring (bicyclic) bond motifs is 1. The second-order valence-corrected chi connectivity index (χ2v) is 5.78. The van der Waals surface area contributed by atoms with Gasteiger partial charge in [0.05, 0.1) is 10.4 Å². The van der Waals surface area contributed by atoms with Crippen LogP contribution in [0.3, 0.4) is 0 Å². The van der Waals surface area contributed by atoms with Gasteiger partial charge in [0.25, 0.3) is 0 Å². The number of pyridine rings is 1. The molecule has 0 radical (unpaired) electrons. The second kappa shape index (κ2) is 5.06. The van der Waals surface area contributed by atoms with Crippen molar-refractivity contribution < 1.29 is 8.42 Å². The van der Waals surface area contributed by atoms with Crippen molar-refractivity contribution in [3.8, 4) is 0 Å². The molecule has 4 nitrogen and oxygen atoms in total. The number of halogens is 1. The highest BCUT2D eigenvalue weighted by Gasteiger charge is 2.13. The Kier molecular flexibility index (Phi) is 3.65. The minimum atomic E-state index is -3.51. The molecule has 0 aliphatic heterocycles. The lowest BCUT2D eigenvalue weighted by Crippen LogP contribution is -2.23. The molecular weight excluding hydrogens is 272 g/mol. The normalized spacial score (nSPS) is 11.6. The van der Waals surface area contributed by atoms with E-state index < -0.39 is 10.0 Å². The Balaban J connectivity index is 2.47. The van der Waals surface area contributed by atoms with Crippen LogP contribution in [-0.4, -0.2) is 19.9 Å². The highest BCUT2D eigenvalue weighted by molar-refractivity contribution is 7.89. The first kappa shape index (κ1) is 13.0. The third-order valence-electron chi connectivity index (χ3n) is 2.35. The van der Waals surface area contributed by atoms with Gasteiger partial charge in [-0.3, -0.25) is 0 Å². The third kappa shape index (κ3) is 2.69.